The number of phosphoric acid groups is 1. The first kappa shape index (κ1) is 53.7. The first-order chi connectivity index (χ1) is 27.3. The predicted octanol–water partition coefficient (Wildman–Crippen LogP) is 10.4. The average molecular weight is 833 g/mol. The number of ether oxygens (including phenoxy) is 2. The van der Waals surface area contributed by atoms with Crippen LogP contribution in [0, 0.1) is 17.8 Å². The van der Waals surface area contributed by atoms with Gasteiger partial charge in [0.15, 0.2) is 6.10 Å². The summed E-state index contributed by atoms with van der Waals surface area (Å²) in [5, 5.41) is 31.3. The SMILES string of the molecule is CCCCC[C@H](O)/C=C/[C@@H]1[C@@H](CCCCCCC(=O)OC[C@H](COP(=O)(O)O)OC(=O)CCCCCCCCCCCCCCCCCCC(C)C)[C@@H](O)C[C@H]1O. The zero-order valence-corrected chi connectivity index (χ0v) is 37.1. The lowest BCUT2D eigenvalue weighted by atomic mass is 9.88. The molecule has 12 heteroatoms. The molecular formula is C45H85O11P. The number of hydrogen-bond donors (Lipinski definition) is 5. The molecule has 0 bridgehead atoms. The number of carbonyl (C=O) groups excluding carboxylic acids is 2. The molecule has 0 radical (unpaired) electrons. The first-order valence-corrected chi connectivity index (χ1v) is 24.6. The van der Waals surface area contributed by atoms with Crippen LogP contribution in [0.4, 0.5) is 0 Å². The van der Waals surface area contributed by atoms with Crippen molar-refractivity contribution < 1.29 is 53.3 Å². The highest BCUT2D eigenvalue weighted by Crippen LogP contribution is 2.38. The fourth-order valence-corrected chi connectivity index (χ4v) is 8.19. The van der Waals surface area contributed by atoms with Gasteiger partial charge in [-0.15, -0.1) is 0 Å². The maximum atomic E-state index is 12.5. The fourth-order valence-electron chi connectivity index (χ4n) is 7.83. The molecule has 0 aliphatic heterocycles. The van der Waals surface area contributed by atoms with E-state index in [9.17, 15) is 29.5 Å². The summed E-state index contributed by atoms with van der Waals surface area (Å²) in [7, 11) is -4.81. The highest BCUT2D eigenvalue weighted by Gasteiger charge is 2.39. The molecule has 11 nitrogen and oxygen atoms in total. The number of esters is 2. The second-order valence-corrected chi connectivity index (χ2v) is 18.4. The van der Waals surface area contributed by atoms with Crippen LogP contribution < -0.4 is 0 Å². The van der Waals surface area contributed by atoms with Crippen molar-refractivity contribution in [2.75, 3.05) is 13.2 Å². The molecule has 5 N–H and O–H groups in total. The number of aliphatic hydroxyl groups is 3. The number of rotatable bonds is 38. The summed E-state index contributed by atoms with van der Waals surface area (Å²) in [5.41, 5.74) is 0. The standard InChI is InChI=1S/C45H85O11P/c1-4-5-22-28-38(46)32-33-41-40(42(47)34-43(41)48)29-24-20-21-25-30-44(49)54-35-39(36-55-57(51,52)53)56-45(50)31-26-19-17-15-13-11-9-7-6-8-10-12-14-16-18-23-27-37(2)3/h32-33,37-43,46-48H,4-31,34-36H2,1-3H3,(H2,51,52,53)/b33-32+/t38-,39+,40+,41+,42-,43+/m0/s1. The van der Waals surface area contributed by atoms with Crippen molar-refractivity contribution in [1.29, 1.82) is 0 Å². The number of unbranched alkanes of at least 4 members (excludes halogenated alkanes) is 20. The average Bonchev–Trinajstić information content (AvgIpc) is 3.42. The van der Waals surface area contributed by atoms with Crippen LogP contribution in [-0.4, -0.2) is 74.7 Å². The van der Waals surface area contributed by atoms with Crippen molar-refractivity contribution >= 4 is 19.8 Å². The Balaban J connectivity index is 2.19. The van der Waals surface area contributed by atoms with Crippen LogP contribution in [0.15, 0.2) is 12.2 Å². The second-order valence-electron chi connectivity index (χ2n) is 17.2. The molecule has 0 amide bonds. The van der Waals surface area contributed by atoms with Gasteiger partial charge in [-0.3, -0.25) is 14.1 Å². The minimum atomic E-state index is -4.81. The molecular weight excluding hydrogens is 747 g/mol. The summed E-state index contributed by atoms with van der Waals surface area (Å²) >= 11 is 0. The van der Waals surface area contributed by atoms with Gasteiger partial charge in [0.25, 0.3) is 0 Å². The summed E-state index contributed by atoms with van der Waals surface area (Å²) in [6, 6.07) is 0. The Labute approximate surface area is 346 Å². The van der Waals surface area contributed by atoms with Crippen LogP contribution in [0.3, 0.4) is 0 Å². The molecule has 1 fully saturated rings. The van der Waals surface area contributed by atoms with E-state index in [1.54, 1.807) is 6.08 Å². The van der Waals surface area contributed by atoms with E-state index in [-0.39, 0.29) is 31.3 Å². The molecule has 0 heterocycles. The highest BCUT2D eigenvalue weighted by molar-refractivity contribution is 7.46. The number of phosphoric ester groups is 1. The van der Waals surface area contributed by atoms with Crippen molar-refractivity contribution in [2.45, 2.75) is 231 Å². The summed E-state index contributed by atoms with van der Waals surface area (Å²) in [5.74, 6) is -0.460. The molecule has 0 saturated heterocycles. The molecule has 6 atom stereocenters. The minimum Gasteiger partial charge on any atom is -0.462 e. The highest BCUT2D eigenvalue weighted by atomic mass is 31.2. The third kappa shape index (κ3) is 31.2. The zero-order chi connectivity index (χ0) is 42.2. The van der Waals surface area contributed by atoms with E-state index in [1.807, 2.05) is 6.08 Å². The Bertz CT molecular complexity index is 1060. The largest absolute Gasteiger partial charge is 0.469 e. The van der Waals surface area contributed by atoms with E-state index in [2.05, 4.69) is 25.3 Å². The van der Waals surface area contributed by atoms with Crippen molar-refractivity contribution in [1.82, 2.24) is 0 Å². The Morgan fingerprint density at radius 1 is 0.667 bits per heavy atom. The van der Waals surface area contributed by atoms with Gasteiger partial charge in [-0.1, -0.05) is 174 Å². The van der Waals surface area contributed by atoms with Crippen molar-refractivity contribution in [3.8, 4) is 0 Å². The van der Waals surface area contributed by atoms with Gasteiger partial charge >= 0.3 is 19.8 Å². The second kappa shape index (κ2) is 34.4. The summed E-state index contributed by atoms with van der Waals surface area (Å²) < 4.78 is 26.5. The van der Waals surface area contributed by atoms with Gasteiger partial charge in [0.05, 0.1) is 24.9 Å². The molecule has 0 unspecified atom stereocenters. The molecule has 1 saturated carbocycles. The van der Waals surface area contributed by atoms with Gasteiger partial charge in [-0.2, -0.15) is 0 Å². The minimum absolute atomic E-state index is 0.0811. The molecule has 0 spiro atoms. The molecule has 0 aromatic heterocycles. The van der Waals surface area contributed by atoms with Crippen LogP contribution in [0.5, 0.6) is 0 Å². The lowest BCUT2D eigenvalue weighted by molar-refractivity contribution is -0.161. The quantitative estimate of drug-likeness (QED) is 0.0173. The van der Waals surface area contributed by atoms with Crippen molar-refractivity contribution in [3.05, 3.63) is 12.2 Å². The Morgan fingerprint density at radius 2 is 1.16 bits per heavy atom. The molecule has 1 rings (SSSR count). The van der Waals surface area contributed by atoms with Crippen LogP contribution in [-0.2, 0) is 28.2 Å². The molecule has 0 aromatic carbocycles. The molecule has 0 aromatic rings. The van der Waals surface area contributed by atoms with Crippen LogP contribution >= 0.6 is 7.82 Å². The van der Waals surface area contributed by atoms with Crippen LogP contribution in [0.25, 0.3) is 0 Å². The maximum Gasteiger partial charge on any atom is 0.469 e. The maximum absolute atomic E-state index is 12.5. The first-order valence-electron chi connectivity index (χ1n) is 23.1. The van der Waals surface area contributed by atoms with E-state index in [1.165, 1.54) is 83.5 Å². The van der Waals surface area contributed by atoms with Crippen LogP contribution in [0.2, 0.25) is 0 Å². The number of carbonyl (C=O) groups is 2. The Morgan fingerprint density at radius 3 is 1.68 bits per heavy atom. The van der Waals surface area contributed by atoms with E-state index >= 15 is 0 Å². The van der Waals surface area contributed by atoms with Crippen molar-refractivity contribution in [3.63, 3.8) is 0 Å². The van der Waals surface area contributed by atoms with Gasteiger partial charge in [0.1, 0.15) is 6.61 Å². The molecule has 1 aliphatic rings. The molecule has 57 heavy (non-hydrogen) atoms. The van der Waals surface area contributed by atoms with Gasteiger partial charge in [-0.25, -0.2) is 4.57 Å². The van der Waals surface area contributed by atoms with E-state index in [4.69, 9.17) is 19.3 Å². The topological polar surface area (TPSA) is 180 Å². The third-order valence-electron chi connectivity index (χ3n) is 11.3. The van der Waals surface area contributed by atoms with Gasteiger partial charge in [0.2, 0.25) is 0 Å². The van der Waals surface area contributed by atoms with E-state index in [0.717, 1.165) is 70.1 Å². The Kier molecular flexibility index (Phi) is 32.4. The monoisotopic (exact) mass is 833 g/mol. The third-order valence-corrected chi connectivity index (χ3v) is 11.8. The number of aliphatic hydroxyl groups excluding tert-OH is 3. The van der Waals surface area contributed by atoms with Gasteiger partial charge < -0.3 is 34.6 Å². The summed E-state index contributed by atoms with van der Waals surface area (Å²) in [6.07, 6.45) is 30.0. The Hall–Kier alpha value is -1.33. The molecule has 336 valence electrons. The number of hydrogen-bond acceptors (Lipinski definition) is 9. The summed E-state index contributed by atoms with van der Waals surface area (Å²) in [6.45, 7) is 5.78. The lowest BCUT2D eigenvalue weighted by Crippen LogP contribution is -2.29. The smallest absolute Gasteiger partial charge is 0.462 e. The molecule has 1 aliphatic carbocycles. The fraction of sp³-hybridized carbons (Fsp3) is 0.911. The van der Waals surface area contributed by atoms with Crippen molar-refractivity contribution in [2.24, 2.45) is 17.8 Å². The van der Waals surface area contributed by atoms with Gasteiger partial charge in [-0.05, 0) is 37.5 Å². The van der Waals surface area contributed by atoms with E-state index in [0.29, 0.717) is 25.7 Å². The predicted molar refractivity (Wildman–Crippen MR) is 227 cm³/mol. The lowest BCUT2D eigenvalue weighted by Gasteiger charge is -2.21. The van der Waals surface area contributed by atoms with Crippen LogP contribution in [0.1, 0.15) is 207 Å². The van der Waals surface area contributed by atoms with E-state index < -0.39 is 50.8 Å². The zero-order valence-electron chi connectivity index (χ0n) is 36.2. The van der Waals surface area contributed by atoms with Gasteiger partial charge in [0, 0.05) is 25.2 Å². The summed E-state index contributed by atoms with van der Waals surface area (Å²) in [4.78, 5) is 43.2. The normalized spacial score (nSPS) is 19.7.